The summed E-state index contributed by atoms with van der Waals surface area (Å²) in [6, 6.07) is 0. The molecule has 0 aromatic heterocycles. The summed E-state index contributed by atoms with van der Waals surface area (Å²) in [4.78, 5) is 11.8. The van der Waals surface area contributed by atoms with Gasteiger partial charge in [-0.15, -0.1) is 0 Å². The van der Waals surface area contributed by atoms with Gasteiger partial charge in [-0.1, -0.05) is 19.3 Å². The fourth-order valence-corrected chi connectivity index (χ4v) is 2.66. The normalized spacial score (nSPS) is 18.9. The Morgan fingerprint density at radius 1 is 1.35 bits per heavy atom. The molecule has 0 radical (unpaired) electrons. The van der Waals surface area contributed by atoms with Gasteiger partial charge in [0.2, 0.25) is 5.91 Å². The molecule has 0 heterocycles. The summed E-state index contributed by atoms with van der Waals surface area (Å²) < 4.78 is 4.93. The second-order valence-electron chi connectivity index (χ2n) is 5.02. The molecule has 17 heavy (non-hydrogen) atoms. The van der Waals surface area contributed by atoms with E-state index < -0.39 is 0 Å². The Kier molecular flexibility index (Phi) is 6.52. The van der Waals surface area contributed by atoms with Crippen LogP contribution in [0.1, 0.15) is 51.4 Å². The summed E-state index contributed by atoms with van der Waals surface area (Å²) in [5.41, 5.74) is 5.60. The van der Waals surface area contributed by atoms with E-state index in [1.54, 1.807) is 7.11 Å². The number of amides is 1. The summed E-state index contributed by atoms with van der Waals surface area (Å²) in [5, 5.41) is 3.23. The molecule has 0 aromatic carbocycles. The minimum absolute atomic E-state index is 0.0163. The molecule has 0 unspecified atom stereocenters. The van der Waals surface area contributed by atoms with Crippen molar-refractivity contribution in [2.24, 2.45) is 5.73 Å². The molecule has 4 heteroatoms. The first kappa shape index (κ1) is 14.5. The molecular weight excluding hydrogens is 216 g/mol. The van der Waals surface area contributed by atoms with Gasteiger partial charge in [0.1, 0.15) is 0 Å². The van der Waals surface area contributed by atoms with Crippen molar-refractivity contribution >= 4 is 5.91 Å². The van der Waals surface area contributed by atoms with E-state index in [1.165, 1.54) is 19.3 Å². The third-order valence-corrected chi connectivity index (χ3v) is 3.61. The van der Waals surface area contributed by atoms with Gasteiger partial charge in [0.25, 0.3) is 0 Å². The lowest BCUT2D eigenvalue weighted by Gasteiger charge is -2.38. The van der Waals surface area contributed by atoms with Crippen LogP contribution in [0.4, 0.5) is 0 Å². The maximum atomic E-state index is 11.8. The first-order valence-corrected chi connectivity index (χ1v) is 6.72. The number of hydrogen-bond acceptors (Lipinski definition) is 3. The maximum absolute atomic E-state index is 11.8. The lowest BCUT2D eigenvalue weighted by atomic mass is 9.78. The van der Waals surface area contributed by atoms with Crippen LogP contribution in [0.3, 0.4) is 0 Å². The van der Waals surface area contributed by atoms with E-state index in [-0.39, 0.29) is 11.4 Å². The molecule has 3 N–H and O–H groups in total. The second-order valence-corrected chi connectivity index (χ2v) is 5.02. The van der Waals surface area contributed by atoms with Crippen LogP contribution in [0, 0.1) is 0 Å². The average molecular weight is 242 g/mol. The third kappa shape index (κ3) is 5.04. The summed E-state index contributed by atoms with van der Waals surface area (Å²) in [7, 11) is 1.62. The van der Waals surface area contributed by atoms with Crippen LogP contribution >= 0.6 is 0 Å². The molecule has 1 saturated carbocycles. The Bertz CT molecular complexity index is 225. The van der Waals surface area contributed by atoms with Crippen molar-refractivity contribution in [1.82, 2.24) is 5.32 Å². The minimum Gasteiger partial charge on any atom is -0.384 e. The lowest BCUT2D eigenvalue weighted by molar-refractivity contribution is -0.124. The zero-order valence-electron chi connectivity index (χ0n) is 11.0. The van der Waals surface area contributed by atoms with Gasteiger partial charge < -0.3 is 15.8 Å². The van der Waals surface area contributed by atoms with Gasteiger partial charge in [-0.3, -0.25) is 4.79 Å². The van der Waals surface area contributed by atoms with Crippen LogP contribution in [-0.4, -0.2) is 31.7 Å². The van der Waals surface area contributed by atoms with Crippen LogP contribution in [0.15, 0.2) is 0 Å². The van der Waals surface area contributed by atoms with Crippen molar-refractivity contribution < 1.29 is 9.53 Å². The standard InChI is InChI=1S/C13H26N2O2/c1-17-11-6-12(16)15-13(9-5-10-14)7-3-2-4-8-13/h2-11,14H2,1H3,(H,15,16). The fourth-order valence-electron chi connectivity index (χ4n) is 2.66. The third-order valence-electron chi connectivity index (χ3n) is 3.61. The number of nitrogens with two attached hydrogens (primary N) is 1. The molecule has 1 aliphatic rings. The first-order chi connectivity index (χ1) is 8.22. The summed E-state index contributed by atoms with van der Waals surface area (Å²) in [6.07, 6.45) is 8.40. The molecule has 100 valence electrons. The van der Waals surface area contributed by atoms with E-state index in [0.29, 0.717) is 19.6 Å². The molecule has 0 bridgehead atoms. The predicted octanol–water partition coefficient (Wildman–Crippen LogP) is 1.58. The Labute approximate surface area is 104 Å². The van der Waals surface area contributed by atoms with E-state index in [9.17, 15) is 4.79 Å². The maximum Gasteiger partial charge on any atom is 0.222 e. The Hall–Kier alpha value is -0.610. The van der Waals surface area contributed by atoms with Crippen molar-refractivity contribution in [2.75, 3.05) is 20.3 Å². The highest BCUT2D eigenvalue weighted by molar-refractivity contribution is 5.76. The molecular formula is C13H26N2O2. The highest BCUT2D eigenvalue weighted by Gasteiger charge is 2.32. The predicted molar refractivity (Wildman–Crippen MR) is 68.7 cm³/mol. The van der Waals surface area contributed by atoms with Crippen LogP contribution in [0.2, 0.25) is 0 Å². The summed E-state index contributed by atoms with van der Waals surface area (Å²) in [5.74, 6) is 0.116. The van der Waals surface area contributed by atoms with Gasteiger partial charge in [-0.2, -0.15) is 0 Å². The molecule has 1 fully saturated rings. The van der Waals surface area contributed by atoms with Crippen molar-refractivity contribution in [3.63, 3.8) is 0 Å². The largest absolute Gasteiger partial charge is 0.384 e. The van der Waals surface area contributed by atoms with Crippen LogP contribution in [0.25, 0.3) is 0 Å². The van der Waals surface area contributed by atoms with E-state index >= 15 is 0 Å². The molecule has 4 nitrogen and oxygen atoms in total. The quantitative estimate of drug-likeness (QED) is 0.712. The SMILES string of the molecule is COCCC(=O)NC1(CCCN)CCCCC1. The minimum atomic E-state index is 0.0163. The molecule has 0 atom stereocenters. The van der Waals surface area contributed by atoms with E-state index in [2.05, 4.69) is 5.32 Å². The Balaban J connectivity index is 2.47. The highest BCUT2D eigenvalue weighted by atomic mass is 16.5. The zero-order valence-corrected chi connectivity index (χ0v) is 11.0. The summed E-state index contributed by atoms with van der Waals surface area (Å²) in [6.45, 7) is 1.20. The van der Waals surface area contributed by atoms with Crippen molar-refractivity contribution in [3.05, 3.63) is 0 Å². The van der Waals surface area contributed by atoms with E-state index in [4.69, 9.17) is 10.5 Å². The van der Waals surface area contributed by atoms with Crippen LogP contribution in [-0.2, 0) is 9.53 Å². The molecule has 1 aliphatic carbocycles. The van der Waals surface area contributed by atoms with Gasteiger partial charge in [-0.25, -0.2) is 0 Å². The van der Waals surface area contributed by atoms with E-state index in [1.807, 2.05) is 0 Å². The number of rotatable bonds is 7. The highest BCUT2D eigenvalue weighted by Crippen LogP contribution is 2.32. The summed E-state index contributed by atoms with van der Waals surface area (Å²) >= 11 is 0. The topological polar surface area (TPSA) is 64.3 Å². The number of carbonyl (C=O) groups excluding carboxylic acids is 1. The fraction of sp³-hybridized carbons (Fsp3) is 0.923. The number of methoxy groups -OCH3 is 1. The van der Waals surface area contributed by atoms with Gasteiger partial charge in [0.15, 0.2) is 0 Å². The molecule has 0 aromatic rings. The van der Waals surface area contributed by atoms with Crippen molar-refractivity contribution in [3.8, 4) is 0 Å². The Morgan fingerprint density at radius 2 is 2.06 bits per heavy atom. The second kappa shape index (κ2) is 7.67. The van der Waals surface area contributed by atoms with Gasteiger partial charge in [-0.05, 0) is 32.2 Å². The van der Waals surface area contributed by atoms with Gasteiger partial charge in [0, 0.05) is 19.1 Å². The van der Waals surface area contributed by atoms with Crippen LogP contribution < -0.4 is 11.1 Å². The van der Waals surface area contributed by atoms with Crippen LogP contribution in [0.5, 0.6) is 0 Å². The van der Waals surface area contributed by atoms with Crippen molar-refractivity contribution in [1.29, 1.82) is 0 Å². The number of hydrogen-bond donors (Lipinski definition) is 2. The number of carbonyl (C=O) groups is 1. The zero-order chi connectivity index (χ0) is 12.6. The molecule has 0 saturated heterocycles. The van der Waals surface area contributed by atoms with Crippen molar-refractivity contribution in [2.45, 2.75) is 56.9 Å². The van der Waals surface area contributed by atoms with Gasteiger partial charge in [0.05, 0.1) is 6.61 Å². The molecule has 1 rings (SSSR count). The first-order valence-electron chi connectivity index (χ1n) is 6.72. The number of nitrogens with one attached hydrogen (secondary N) is 1. The Morgan fingerprint density at radius 3 is 2.65 bits per heavy atom. The number of ether oxygens (including phenoxy) is 1. The molecule has 0 aliphatic heterocycles. The smallest absolute Gasteiger partial charge is 0.222 e. The molecule has 0 spiro atoms. The van der Waals surface area contributed by atoms with E-state index in [0.717, 1.165) is 25.7 Å². The van der Waals surface area contributed by atoms with Gasteiger partial charge >= 0.3 is 0 Å². The monoisotopic (exact) mass is 242 g/mol. The lowest BCUT2D eigenvalue weighted by Crippen LogP contribution is -2.50. The average Bonchev–Trinajstić information content (AvgIpc) is 2.35. The molecule has 1 amide bonds.